The van der Waals surface area contributed by atoms with Crippen molar-refractivity contribution in [1.29, 1.82) is 0 Å². The third-order valence-corrected chi connectivity index (χ3v) is 4.68. The molecule has 158 valence electrons. The predicted molar refractivity (Wildman–Crippen MR) is 104 cm³/mol. The summed E-state index contributed by atoms with van der Waals surface area (Å²) in [6.45, 7) is 0.442. The number of carboxylic acids is 2. The molecule has 0 bridgehead atoms. The summed E-state index contributed by atoms with van der Waals surface area (Å²) in [5.41, 5.74) is 0. The lowest BCUT2D eigenvalue weighted by Crippen LogP contribution is -2.42. The molecule has 0 radical (unpaired) electrons. The summed E-state index contributed by atoms with van der Waals surface area (Å²) < 4.78 is 5.14. The van der Waals surface area contributed by atoms with Crippen LogP contribution in [0.1, 0.15) is 54.8 Å². The molecule has 0 aromatic carbocycles. The van der Waals surface area contributed by atoms with Crippen molar-refractivity contribution >= 4 is 17.8 Å². The van der Waals surface area contributed by atoms with Crippen LogP contribution in [0.5, 0.6) is 0 Å². The van der Waals surface area contributed by atoms with Crippen LogP contribution in [0.2, 0.25) is 0 Å². The molecule has 1 aliphatic heterocycles. The second-order valence-electron chi connectivity index (χ2n) is 6.99. The number of aliphatic hydroxyl groups excluding tert-OH is 1. The SMILES string of the molecule is O=C(O)CCCC=CCN1C(=O)CCC[C@@H]1C=CC(O)Cc1ccc(C(=O)O)o1. The normalized spacial score (nSPS) is 18.6. The maximum absolute atomic E-state index is 12.3. The van der Waals surface area contributed by atoms with Crippen LogP contribution < -0.4 is 0 Å². The molecule has 0 saturated carbocycles. The first-order valence-corrected chi connectivity index (χ1v) is 9.71. The highest BCUT2D eigenvalue weighted by Gasteiger charge is 2.25. The lowest BCUT2D eigenvalue weighted by atomic mass is 10.00. The first kappa shape index (κ1) is 22.4. The van der Waals surface area contributed by atoms with Crippen molar-refractivity contribution < 1.29 is 34.1 Å². The third-order valence-electron chi connectivity index (χ3n) is 4.68. The molecule has 2 rings (SSSR count). The second kappa shape index (κ2) is 11.2. The molecule has 1 unspecified atom stereocenters. The average Bonchev–Trinajstić information content (AvgIpc) is 3.12. The molecular weight excluding hydrogens is 378 g/mol. The Bertz CT molecular complexity index is 765. The molecule has 1 aliphatic rings. The van der Waals surface area contributed by atoms with Gasteiger partial charge < -0.3 is 24.6 Å². The number of rotatable bonds is 11. The van der Waals surface area contributed by atoms with Gasteiger partial charge >= 0.3 is 11.9 Å². The van der Waals surface area contributed by atoms with Gasteiger partial charge in [-0.1, -0.05) is 24.3 Å². The summed E-state index contributed by atoms with van der Waals surface area (Å²) in [4.78, 5) is 35.3. The molecule has 1 amide bonds. The number of allylic oxidation sites excluding steroid dienone is 1. The van der Waals surface area contributed by atoms with Crippen LogP contribution >= 0.6 is 0 Å². The molecule has 29 heavy (non-hydrogen) atoms. The monoisotopic (exact) mass is 405 g/mol. The highest BCUT2D eigenvalue weighted by molar-refractivity contribution is 5.84. The third kappa shape index (κ3) is 7.57. The fourth-order valence-electron chi connectivity index (χ4n) is 3.19. The molecule has 1 fully saturated rings. The van der Waals surface area contributed by atoms with E-state index in [1.165, 1.54) is 12.1 Å². The number of amides is 1. The van der Waals surface area contributed by atoms with Gasteiger partial charge in [0.1, 0.15) is 5.76 Å². The van der Waals surface area contributed by atoms with Gasteiger partial charge in [0, 0.05) is 25.8 Å². The van der Waals surface area contributed by atoms with Gasteiger partial charge in [0.2, 0.25) is 11.7 Å². The molecule has 2 heterocycles. The maximum Gasteiger partial charge on any atom is 0.371 e. The van der Waals surface area contributed by atoms with E-state index in [4.69, 9.17) is 14.6 Å². The number of aromatic carboxylic acids is 1. The number of nitrogens with zero attached hydrogens (tertiary/aromatic N) is 1. The van der Waals surface area contributed by atoms with Crippen molar-refractivity contribution in [3.8, 4) is 0 Å². The molecule has 1 saturated heterocycles. The van der Waals surface area contributed by atoms with E-state index in [1.807, 2.05) is 12.2 Å². The topological polar surface area (TPSA) is 128 Å². The van der Waals surface area contributed by atoms with Gasteiger partial charge in [-0.05, 0) is 37.8 Å². The largest absolute Gasteiger partial charge is 0.481 e. The fraction of sp³-hybridized carbons (Fsp3) is 0.476. The molecule has 0 aliphatic carbocycles. The van der Waals surface area contributed by atoms with Crippen LogP contribution in [0, 0.1) is 0 Å². The smallest absolute Gasteiger partial charge is 0.371 e. The van der Waals surface area contributed by atoms with E-state index in [-0.39, 0.29) is 30.6 Å². The van der Waals surface area contributed by atoms with Gasteiger partial charge in [-0.25, -0.2) is 4.79 Å². The van der Waals surface area contributed by atoms with E-state index < -0.39 is 18.0 Å². The van der Waals surface area contributed by atoms with Crippen molar-refractivity contribution in [2.75, 3.05) is 6.54 Å². The summed E-state index contributed by atoms with van der Waals surface area (Å²) in [6, 6.07) is 2.74. The van der Waals surface area contributed by atoms with Crippen molar-refractivity contribution in [2.24, 2.45) is 0 Å². The Morgan fingerprint density at radius 2 is 2.07 bits per heavy atom. The molecule has 2 atom stereocenters. The van der Waals surface area contributed by atoms with Crippen LogP contribution in [-0.4, -0.2) is 56.8 Å². The van der Waals surface area contributed by atoms with E-state index in [0.717, 1.165) is 12.8 Å². The van der Waals surface area contributed by atoms with Gasteiger partial charge in [-0.3, -0.25) is 9.59 Å². The number of carbonyl (C=O) groups is 3. The second-order valence-corrected chi connectivity index (χ2v) is 6.99. The van der Waals surface area contributed by atoms with Crippen molar-refractivity contribution in [3.63, 3.8) is 0 Å². The Morgan fingerprint density at radius 1 is 1.28 bits per heavy atom. The Kier molecular flexibility index (Phi) is 8.67. The molecule has 1 aromatic rings. The first-order valence-electron chi connectivity index (χ1n) is 9.71. The van der Waals surface area contributed by atoms with Gasteiger partial charge in [-0.2, -0.15) is 0 Å². The number of furan rings is 1. The first-order chi connectivity index (χ1) is 13.9. The van der Waals surface area contributed by atoms with Gasteiger partial charge in [0.05, 0.1) is 12.1 Å². The van der Waals surface area contributed by atoms with Gasteiger partial charge in [0.15, 0.2) is 0 Å². The zero-order valence-electron chi connectivity index (χ0n) is 16.2. The minimum atomic E-state index is -1.16. The number of carbonyl (C=O) groups excluding carboxylic acids is 1. The van der Waals surface area contributed by atoms with Crippen molar-refractivity contribution in [3.05, 3.63) is 48.0 Å². The zero-order chi connectivity index (χ0) is 21.2. The van der Waals surface area contributed by atoms with Gasteiger partial charge in [0.25, 0.3) is 0 Å². The standard InChI is InChI=1S/C21H27NO7/c23-16(14-17-11-12-18(29-17)21(27)28)10-9-15-6-5-7-19(24)22(15)13-4-2-1-3-8-20(25)26/h2,4,9-12,15-16,23H,1,3,5-8,13-14H2,(H,25,26)(H,27,28)/t15-,16?/m1/s1. The number of aliphatic carboxylic acids is 1. The summed E-state index contributed by atoms with van der Waals surface area (Å²) in [5.74, 6) is -1.72. The summed E-state index contributed by atoms with van der Waals surface area (Å²) in [5, 5.41) is 27.7. The number of piperidine rings is 1. The molecule has 3 N–H and O–H groups in total. The van der Waals surface area contributed by atoms with Crippen LogP contribution in [0.25, 0.3) is 0 Å². The lowest BCUT2D eigenvalue weighted by molar-refractivity contribution is -0.137. The average molecular weight is 405 g/mol. The number of carboxylic acid groups (broad SMARTS) is 2. The Labute approximate surface area is 169 Å². The molecule has 8 heteroatoms. The molecular formula is C21H27NO7. The van der Waals surface area contributed by atoms with Crippen LogP contribution in [0.4, 0.5) is 0 Å². The number of hydrogen-bond acceptors (Lipinski definition) is 5. The highest BCUT2D eigenvalue weighted by Crippen LogP contribution is 2.20. The predicted octanol–water partition coefficient (Wildman–Crippen LogP) is 2.63. The highest BCUT2D eigenvalue weighted by atomic mass is 16.4. The summed E-state index contributed by atoms with van der Waals surface area (Å²) >= 11 is 0. The zero-order valence-corrected chi connectivity index (χ0v) is 16.2. The van der Waals surface area contributed by atoms with Crippen LogP contribution in [0.15, 0.2) is 40.9 Å². The Balaban J connectivity index is 1.87. The Morgan fingerprint density at radius 3 is 2.76 bits per heavy atom. The van der Waals surface area contributed by atoms with Crippen molar-refractivity contribution in [2.45, 2.75) is 57.1 Å². The van der Waals surface area contributed by atoms with Crippen LogP contribution in [0.3, 0.4) is 0 Å². The minimum Gasteiger partial charge on any atom is -0.481 e. The fourth-order valence-corrected chi connectivity index (χ4v) is 3.19. The Hall–Kier alpha value is -2.87. The lowest BCUT2D eigenvalue weighted by Gasteiger charge is -2.33. The minimum absolute atomic E-state index is 0.0488. The van der Waals surface area contributed by atoms with E-state index in [0.29, 0.717) is 31.6 Å². The summed E-state index contributed by atoms with van der Waals surface area (Å²) in [7, 11) is 0. The van der Waals surface area contributed by atoms with E-state index in [9.17, 15) is 19.5 Å². The molecule has 8 nitrogen and oxygen atoms in total. The van der Waals surface area contributed by atoms with E-state index in [2.05, 4.69) is 0 Å². The summed E-state index contributed by atoms with van der Waals surface area (Å²) in [6.07, 6.45) is 9.87. The van der Waals surface area contributed by atoms with E-state index >= 15 is 0 Å². The quantitative estimate of drug-likeness (QED) is 0.381. The van der Waals surface area contributed by atoms with Crippen LogP contribution in [-0.2, 0) is 16.0 Å². The van der Waals surface area contributed by atoms with E-state index in [1.54, 1.807) is 17.1 Å². The van der Waals surface area contributed by atoms with Crippen molar-refractivity contribution in [1.82, 2.24) is 4.90 Å². The van der Waals surface area contributed by atoms with Gasteiger partial charge in [-0.15, -0.1) is 0 Å². The molecule has 1 aromatic heterocycles. The number of unbranched alkanes of at least 4 members (excludes halogenated alkanes) is 1. The maximum atomic E-state index is 12.3. The molecule has 0 spiro atoms. The number of aliphatic hydroxyl groups is 1. The number of hydrogen-bond donors (Lipinski definition) is 3. The number of likely N-dealkylation sites (tertiary alicyclic amines) is 1.